The Morgan fingerprint density at radius 1 is 0.458 bits per heavy atom. The fraction of sp³-hybridized carbons (Fsp3) is 0.750. The highest BCUT2D eigenvalue weighted by molar-refractivity contribution is 5.36. The minimum atomic E-state index is -7.97. The third-order valence-electron chi connectivity index (χ3n) is 2.26. The van der Waals surface area contributed by atoms with Gasteiger partial charge in [-0.3, -0.25) is 0 Å². The monoisotopic (exact) mass is 400 g/mol. The van der Waals surface area contributed by atoms with Gasteiger partial charge in [0.15, 0.2) is 0 Å². The Morgan fingerprint density at radius 3 is 0.917 bits per heavy atom. The normalized spacial score (nSPS) is 17.0. The molecule has 0 aliphatic heterocycles. The predicted molar refractivity (Wildman–Crippen MR) is 41.1 cm³/mol. The van der Waals surface area contributed by atoms with Gasteiger partial charge in [-0.15, -0.1) is 0 Å². The molecule has 24 heavy (non-hydrogen) atoms. The zero-order chi connectivity index (χ0) is 20.2. The third-order valence-corrected chi connectivity index (χ3v) is 2.26. The van der Waals surface area contributed by atoms with Crippen LogP contribution < -0.4 is 0 Å². The molecule has 0 unspecified atom stereocenters. The summed E-state index contributed by atoms with van der Waals surface area (Å²) in [7, 11) is 0. The first-order valence-electron chi connectivity index (χ1n) is 4.77. The Morgan fingerprint density at radius 2 is 0.750 bits per heavy atom. The molecule has 0 N–H and O–H groups in total. The summed E-state index contributed by atoms with van der Waals surface area (Å²) < 4.78 is 196. The molecule has 0 aromatic rings. The van der Waals surface area contributed by atoms with Crippen LogP contribution in [0.25, 0.3) is 0 Å². The van der Waals surface area contributed by atoms with Gasteiger partial charge in [-0.2, -0.15) is 61.5 Å². The second kappa shape index (κ2) is 5.57. The molecular weight excluding hydrogens is 400 g/mol. The molecule has 0 nitrogen and oxygen atoms in total. The fourth-order valence-corrected chi connectivity index (χ4v) is 1.23. The molecular formula is C8F16. The van der Waals surface area contributed by atoms with Crippen molar-refractivity contribution in [2.24, 2.45) is 0 Å². The van der Waals surface area contributed by atoms with E-state index >= 15 is 0 Å². The molecule has 0 radical (unpaired) electrons. The van der Waals surface area contributed by atoms with Gasteiger partial charge < -0.3 is 0 Å². The quantitative estimate of drug-likeness (QED) is 0.514. The van der Waals surface area contributed by atoms with Crippen molar-refractivity contribution in [2.75, 3.05) is 0 Å². The highest BCUT2D eigenvalue weighted by Crippen LogP contribution is 2.59. The van der Waals surface area contributed by atoms with E-state index in [1.165, 1.54) is 0 Å². The molecule has 0 bridgehead atoms. The third kappa shape index (κ3) is 3.50. The maximum absolute atomic E-state index is 13.2. The molecule has 0 saturated carbocycles. The SMILES string of the molecule is F/C(=C(\C(F)(F)C(F)(F)F)C(F)(C(F)(F)F)C(F)(F)F)C(F)(F)F. The van der Waals surface area contributed by atoms with Crippen LogP contribution in [-0.4, -0.2) is 36.3 Å². The van der Waals surface area contributed by atoms with E-state index in [9.17, 15) is 70.2 Å². The lowest BCUT2D eigenvalue weighted by atomic mass is 9.87. The van der Waals surface area contributed by atoms with Gasteiger partial charge in [-0.25, -0.2) is 8.78 Å². The lowest BCUT2D eigenvalue weighted by Gasteiger charge is -2.36. The van der Waals surface area contributed by atoms with Gasteiger partial charge in [-0.05, 0) is 0 Å². The summed E-state index contributed by atoms with van der Waals surface area (Å²) in [4.78, 5) is 0. The van der Waals surface area contributed by atoms with E-state index in [0.29, 0.717) is 0 Å². The summed E-state index contributed by atoms with van der Waals surface area (Å²) in [5.41, 5.74) is -13.5. The fourth-order valence-electron chi connectivity index (χ4n) is 1.23. The molecule has 0 aromatic heterocycles. The average Bonchev–Trinajstić information content (AvgIpc) is 2.22. The van der Waals surface area contributed by atoms with Crippen molar-refractivity contribution in [3.8, 4) is 0 Å². The molecule has 144 valence electrons. The van der Waals surface area contributed by atoms with Gasteiger partial charge in [0, 0.05) is 0 Å². The lowest BCUT2D eigenvalue weighted by molar-refractivity contribution is -0.348. The molecule has 16 heteroatoms. The van der Waals surface area contributed by atoms with Crippen LogP contribution in [0.5, 0.6) is 0 Å². The summed E-state index contributed by atoms with van der Waals surface area (Å²) >= 11 is 0. The Balaban J connectivity index is 7.26. The van der Waals surface area contributed by atoms with Crippen LogP contribution in [0, 0.1) is 0 Å². The van der Waals surface area contributed by atoms with Gasteiger partial charge in [-0.1, -0.05) is 0 Å². The highest BCUT2D eigenvalue weighted by Gasteiger charge is 2.83. The van der Waals surface area contributed by atoms with Crippen molar-refractivity contribution in [1.29, 1.82) is 0 Å². The van der Waals surface area contributed by atoms with Crippen molar-refractivity contribution >= 4 is 0 Å². The standard InChI is InChI=1S/C8F16/c9-2(5(13,14)15)1(4(11,12)8(22,23)24)3(10,6(16,17)18)7(19,20)21/b2-1-. The molecule has 0 heterocycles. The zero-order valence-electron chi connectivity index (χ0n) is 10.0. The van der Waals surface area contributed by atoms with Crippen molar-refractivity contribution in [3.05, 3.63) is 11.4 Å². The van der Waals surface area contributed by atoms with E-state index in [4.69, 9.17) is 0 Å². The summed E-state index contributed by atoms with van der Waals surface area (Å²) in [5, 5.41) is 0. The van der Waals surface area contributed by atoms with Crippen molar-refractivity contribution in [3.63, 3.8) is 0 Å². The first-order valence-corrected chi connectivity index (χ1v) is 4.77. The van der Waals surface area contributed by atoms with E-state index in [0.717, 1.165) is 0 Å². The number of hydrogen-bond donors (Lipinski definition) is 0. The smallest absolute Gasteiger partial charge is 0.218 e. The van der Waals surface area contributed by atoms with Crippen LogP contribution >= 0.6 is 0 Å². The highest BCUT2D eigenvalue weighted by atomic mass is 19.4. The lowest BCUT2D eigenvalue weighted by Crippen LogP contribution is -2.61. The summed E-state index contributed by atoms with van der Waals surface area (Å²) in [6, 6.07) is 0. The summed E-state index contributed by atoms with van der Waals surface area (Å²) in [5.74, 6) is -13.0. The van der Waals surface area contributed by atoms with Gasteiger partial charge in [0.2, 0.25) is 5.83 Å². The molecule has 0 aliphatic rings. The van der Waals surface area contributed by atoms with E-state index < -0.39 is 47.7 Å². The van der Waals surface area contributed by atoms with Gasteiger partial charge in [0.05, 0.1) is 0 Å². The number of halogens is 16. The van der Waals surface area contributed by atoms with Crippen molar-refractivity contribution in [1.82, 2.24) is 0 Å². The van der Waals surface area contributed by atoms with Crippen molar-refractivity contribution in [2.45, 2.75) is 36.3 Å². The number of rotatable bonds is 2. The molecule has 0 amide bonds. The van der Waals surface area contributed by atoms with Crippen LogP contribution in [0.2, 0.25) is 0 Å². The second-order valence-electron chi connectivity index (χ2n) is 3.91. The molecule has 0 aromatic carbocycles. The van der Waals surface area contributed by atoms with E-state index in [1.807, 2.05) is 0 Å². The van der Waals surface area contributed by atoms with Gasteiger partial charge in [0.25, 0.3) is 0 Å². The van der Waals surface area contributed by atoms with Gasteiger partial charge >= 0.3 is 36.3 Å². The maximum Gasteiger partial charge on any atom is 0.457 e. The number of hydrogen-bond acceptors (Lipinski definition) is 0. The maximum atomic E-state index is 13.2. The Bertz CT molecular complexity index is 478. The average molecular weight is 400 g/mol. The van der Waals surface area contributed by atoms with Crippen LogP contribution in [0.15, 0.2) is 11.4 Å². The molecule has 0 saturated heterocycles. The van der Waals surface area contributed by atoms with Crippen LogP contribution in [0.3, 0.4) is 0 Å². The molecule has 0 rings (SSSR count). The molecule has 0 atom stereocenters. The van der Waals surface area contributed by atoms with E-state index in [-0.39, 0.29) is 0 Å². The van der Waals surface area contributed by atoms with Crippen LogP contribution in [0.4, 0.5) is 70.2 Å². The first kappa shape index (κ1) is 22.6. The summed E-state index contributed by atoms with van der Waals surface area (Å²) in [6.45, 7) is 0. The van der Waals surface area contributed by atoms with Crippen LogP contribution in [-0.2, 0) is 0 Å². The first-order chi connectivity index (χ1) is 10.0. The second-order valence-corrected chi connectivity index (χ2v) is 3.91. The van der Waals surface area contributed by atoms with E-state index in [1.54, 1.807) is 0 Å². The van der Waals surface area contributed by atoms with Gasteiger partial charge in [0.1, 0.15) is 5.57 Å². The topological polar surface area (TPSA) is 0 Å². The number of allylic oxidation sites excluding steroid dienone is 2. The van der Waals surface area contributed by atoms with Crippen LogP contribution in [0.1, 0.15) is 0 Å². The Kier molecular flexibility index (Phi) is 5.25. The largest absolute Gasteiger partial charge is 0.457 e. The van der Waals surface area contributed by atoms with Crippen molar-refractivity contribution < 1.29 is 70.2 Å². The minimum absolute atomic E-state index is 5.22. The number of alkyl halides is 15. The Hall–Kier alpha value is -1.38. The molecule has 0 fully saturated rings. The predicted octanol–water partition coefficient (Wildman–Crippen LogP) is 5.80. The Labute approximate surface area is 119 Å². The zero-order valence-corrected chi connectivity index (χ0v) is 10.0. The molecule has 0 spiro atoms. The summed E-state index contributed by atoms with van der Waals surface area (Å²) in [6.07, 6.45) is -30.5. The van der Waals surface area contributed by atoms with E-state index in [2.05, 4.69) is 0 Å². The molecule has 0 aliphatic carbocycles. The minimum Gasteiger partial charge on any atom is -0.218 e.